The normalized spacial score (nSPS) is 10.7. The third-order valence-electron chi connectivity index (χ3n) is 2.78. The average Bonchev–Trinajstić information content (AvgIpc) is 2.84. The first-order chi connectivity index (χ1) is 8.75. The smallest absolute Gasteiger partial charge is 0.245 e. The second-order valence-corrected chi connectivity index (χ2v) is 3.98. The van der Waals surface area contributed by atoms with Crippen molar-refractivity contribution in [2.45, 2.75) is 6.92 Å². The van der Waals surface area contributed by atoms with Gasteiger partial charge in [0.2, 0.25) is 5.88 Å². The number of hydrogen-bond donors (Lipinski definition) is 1. The third-order valence-corrected chi connectivity index (χ3v) is 2.78. The number of anilines is 1. The van der Waals surface area contributed by atoms with Gasteiger partial charge in [0.05, 0.1) is 11.9 Å². The molecule has 90 valence electrons. The van der Waals surface area contributed by atoms with Crippen LogP contribution in [0.4, 0.5) is 5.69 Å². The monoisotopic (exact) mass is 240 g/mol. The molecule has 2 heterocycles. The van der Waals surface area contributed by atoms with E-state index < -0.39 is 0 Å². The number of nitrogens with zero attached hydrogens (tertiary/aromatic N) is 3. The van der Waals surface area contributed by atoms with Gasteiger partial charge in [-0.15, -0.1) is 0 Å². The number of aromatic nitrogens is 3. The standard InChI is InChI=1S/C13H12N4O/c1-9-3-2-4-11(12(9)14)18-13-10-5-6-16-17(10)8-7-15-13/h2-8H,14H2,1H3. The summed E-state index contributed by atoms with van der Waals surface area (Å²) in [5.41, 5.74) is 8.38. The molecule has 0 saturated heterocycles. The highest BCUT2D eigenvalue weighted by Crippen LogP contribution is 2.30. The maximum Gasteiger partial charge on any atom is 0.245 e. The summed E-state index contributed by atoms with van der Waals surface area (Å²) in [5, 5.41) is 4.13. The van der Waals surface area contributed by atoms with Crippen molar-refractivity contribution >= 4 is 11.2 Å². The van der Waals surface area contributed by atoms with Crippen molar-refractivity contribution in [2.75, 3.05) is 5.73 Å². The van der Waals surface area contributed by atoms with Crippen molar-refractivity contribution in [3.05, 3.63) is 48.4 Å². The first-order valence-corrected chi connectivity index (χ1v) is 5.57. The number of benzene rings is 1. The van der Waals surface area contributed by atoms with Gasteiger partial charge >= 0.3 is 0 Å². The van der Waals surface area contributed by atoms with Crippen LogP contribution in [0.3, 0.4) is 0 Å². The Morgan fingerprint density at radius 1 is 1.22 bits per heavy atom. The van der Waals surface area contributed by atoms with Gasteiger partial charge in [-0.3, -0.25) is 0 Å². The van der Waals surface area contributed by atoms with Crippen molar-refractivity contribution in [1.29, 1.82) is 0 Å². The van der Waals surface area contributed by atoms with E-state index in [1.54, 1.807) is 23.1 Å². The van der Waals surface area contributed by atoms with Crippen LogP contribution >= 0.6 is 0 Å². The number of para-hydroxylation sites is 1. The number of hydrogen-bond acceptors (Lipinski definition) is 4. The Bertz CT molecular complexity index is 705. The summed E-state index contributed by atoms with van der Waals surface area (Å²) < 4.78 is 7.47. The maximum atomic E-state index is 5.97. The van der Waals surface area contributed by atoms with E-state index in [1.807, 2.05) is 31.2 Å². The zero-order valence-electron chi connectivity index (χ0n) is 9.87. The Morgan fingerprint density at radius 2 is 2.11 bits per heavy atom. The summed E-state index contributed by atoms with van der Waals surface area (Å²) in [6, 6.07) is 7.50. The van der Waals surface area contributed by atoms with Gasteiger partial charge in [0.1, 0.15) is 5.52 Å². The van der Waals surface area contributed by atoms with E-state index in [1.165, 1.54) is 0 Å². The highest BCUT2D eigenvalue weighted by molar-refractivity contribution is 5.62. The van der Waals surface area contributed by atoms with E-state index >= 15 is 0 Å². The van der Waals surface area contributed by atoms with Crippen LogP contribution in [0.15, 0.2) is 42.9 Å². The highest BCUT2D eigenvalue weighted by Gasteiger charge is 2.08. The summed E-state index contributed by atoms with van der Waals surface area (Å²) in [6.07, 6.45) is 5.10. The molecule has 5 heteroatoms. The second-order valence-electron chi connectivity index (χ2n) is 3.98. The lowest BCUT2D eigenvalue weighted by molar-refractivity contribution is 0.467. The van der Waals surface area contributed by atoms with E-state index in [2.05, 4.69) is 10.1 Å². The SMILES string of the molecule is Cc1cccc(Oc2nccn3nccc23)c1N. The van der Waals surface area contributed by atoms with E-state index in [0.29, 0.717) is 17.3 Å². The zero-order chi connectivity index (χ0) is 12.5. The lowest BCUT2D eigenvalue weighted by Gasteiger charge is -2.09. The van der Waals surface area contributed by atoms with Gasteiger partial charge in [-0.25, -0.2) is 9.50 Å². The van der Waals surface area contributed by atoms with Crippen LogP contribution < -0.4 is 10.5 Å². The molecule has 0 unspecified atom stereocenters. The van der Waals surface area contributed by atoms with E-state index in [9.17, 15) is 0 Å². The minimum absolute atomic E-state index is 0.493. The Kier molecular flexibility index (Phi) is 2.37. The van der Waals surface area contributed by atoms with Crippen LogP contribution in [0.1, 0.15) is 5.56 Å². The first kappa shape index (κ1) is 10.6. The summed E-state index contributed by atoms with van der Waals surface area (Å²) >= 11 is 0. The maximum absolute atomic E-state index is 5.97. The minimum Gasteiger partial charge on any atom is -0.435 e. The molecule has 0 aliphatic rings. The molecular weight excluding hydrogens is 228 g/mol. The van der Waals surface area contributed by atoms with Crippen LogP contribution in [0, 0.1) is 6.92 Å². The fourth-order valence-corrected chi connectivity index (χ4v) is 1.76. The van der Waals surface area contributed by atoms with Gasteiger partial charge in [-0.05, 0) is 24.6 Å². The number of nitrogen functional groups attached to an aromatic ring is 1. The number of aryl methyl sites for hydroxylation is 1. The fraction of sp³-hybridized carbons (Fsp3) is 0.0769. The number of fused-ring (bicyclic) bond motifs is 1. The van der Waals surface area contributed by atoms with E-state index in [0.717, 1.165) is 11.1 Å². The molecule has 3 aromatic rings. The van der Waals surface area contributed by atoms with Crippen molar-refractivity contribution < 1.29 is 4.74 Å². The van der Waals surface area contributed by atoms with Gasteiger partial charge in [0, 0.05) is 12.4 Å². The number of nitrogens with two attached hydrogens (primary N) is 1. The van der Waals surface area contributed by atoms with Gasteiger partial charge in [0.15, 0.2) is 5.75 Å². The molecule has 1 aromatic carbocycles. The molecule has 0 bridgehead atoms. The Morgan fingerprint density at radius 3 is 3.00 bits per heavy atom. The van der Waals surface area contributed by atoms with Crippen LogP contribution in [0.5, 0.6) is 11.6 Å². The van der Waals surface area contributed by atoms with E-state index in [4.69, 9.17) is 10.5 Å². The molecule has 0 atom stereocenters. The molecule has 0 saturated carbocycles. The van der Waals surface area contributed by atoms with Gasteiger partial charge in [-0.1, -0.05) is 12.1 Å². The summed E-state index contributed by atoms with van der Waals surface area (Å²) in [7, 11) is 0. The second kappa shape index (κ2) is 4.03. The van der Waals surface area contributed by atoms with Gasteiger partial charge in [0.25, 0.3) is 0 Å². The van der Waals surface area contributed by atoms with Gasteiger partial charge in [-0.2, -0.15) is 5.10 Å². The predicted octanol–water partition coefficient (Wildman–Crippen LogP) is 2.41. The predicted molar refractivity (Wildman–Crippen MR) is 68.7 cm³/mol. The lowest BCUT2D eigenvalue weighted by atomic mass is 10.2. The molecule has 0 aliphatic heterocycles. The average molecular weight is 240 g/mol. The summed E-state index contributed by atoms with van der Waals surface area (Å²) in [4.78, 5) is 4.21. The molecule has 18 heavy (non-hydrogen) atoms. The van der Waals surface area contributed by atoms with Crippen molar-refractivity contribution in [1.82, 2.24) is 14.6 Å². The Labute approximate surface area is 104 Å². The summed E-state index contributed by atoms with van der Waals surface area (Å²) in [5.74, 6) is 1.10. The van der Waals surface area contributed by atoms with Crippen LogP contribution in [-0.2, 0) is 0 Å². The number of rotatable bonds is 2. The van der Waals surface area contributed by atoms with Crippen molar-refractivity contribution in [3.63, 3.8) is 0 Å². The summed E-state index contributed by atoms with van der Waals surface area (Å²) in [6.45, 7) is 1.94. The zero-order valence-corrected chi connectivity index (χ0v) is 9.87. The molecule has 2 aromatic heterocycles. The lowest BCUT2D eigenvalue weighted by Crippen LogP contribution is -1.97. The van der Waals surface area contributed by atoms with Crippen LogP contribution in [-0.4, -0.2) is 14.6 Å². The molecule has 0 spiro atoms. The van der Waals surface area contributed by atoms with Crippen molar-refractivity contribution in [3.8, 4) is 11.6 Å². The molecule has 0 aliphatic carbocycles. The minimum atomic E-state index is 0.493. The highest BCUT2D eigenvalue weighted by atomic mass is 16.5. The van der Waals surface area contributed by atoms with Crippen LogP contribution in [0.2, 0.25) is 0 Å². The molecular formula is C13H12N4O. The molecule has 2 N–H and O–H groups in total. The molecule has 5 nitrogen and oxygen atoms in total. The Hall–Kier alpha value is -2.56. The Balaban J connectivity index is 2.06. The molecule has 0 amide bonds. The van der Waals surface area contributed by atoms with Gasteiger partial charge < -0.3 is 10.5 Å². The number of ether oxygens (including phenoxy) is 1. The molecule has 3 rings (SSSR count). The van der Waals surface area contributed by atoms with E-state index in [-0.39, 0.29) is 0 Å². The fourth-order valence-electron chi connectivity index (χ4n) is 1.76. The molecule has 0 radical (unpaired) electrons. The topological polar surface area (TPSA) is 65.4 Å². The largest absolute Gasteiger partial charge is 0.435 e. The van der Waals surface area contributed by atoms with Crippen LogP contribution in [0.25, 0.3) is 5.52 Å². The van der Waals surface area contributed by atoms with Crippen molar-refractivity contribution in [2.24, 2.45) is 0 Å². The quantitative estimate of drug-likeness (QED) is 0.698. The third kappa shape index (κ3) is 1.66. The first-order valence-electron chi connectivity index (χ1n) is 5.57. The molecule has 0 fully saturated rings.